The zero-order valence-corrected chi connectivity index (χ0v) is 12.5. The normalized spacial score (nSPS) is 13.2. The first-order chi connectivity index (χ1) is 10.5. The van der Waals surface area contributed by atoms with Crippen LogP contribution in [0.2, 0.25) is 0 Å². The van der Waals surface area contributed by atoms with Crippen LogP contribution < -0.4 is 4.74 Å². The summed E-state index contributed by atoms with van der Waals surface area (Å²) < 4.78 is 10.4. The molecule has 0 radical (unpaired) electrons. The van der Waals surface area contributed by atoms with E-state index in [2.05, 4.69) is 9.97 Å². The molecule has 0 fully saturated rings. The summed E-state index contributed by atoms with van der Waals surface area (Å²) in [7, 11) is 0. The molecule has 2 rings (SSSR count). The number of carbonyl (C=O) groups excluding carboxylic acids is 1. The smallest absolute Gasteiger partial charge is 0.342 e. The van der Waals surface area contributed by atoms with E-state index >= 15 is 0 Å². The molecule has 1 heterocycles. The predicted octanol–water partition coefficient (Wildman–Crippen LogP) is 1.83. The lowest BCUT2D eigenvalue weighted by atomic mass is 9.96. The first kappa shape index (κ1) is 15.9. The van der Waals surface area contributed by atoms with Crippen molar-refractivity contribution in [3.8, 4) is 5.75 Å². The summed E-state index contributed by atoms with van der Waals surface area (Å²) in [6, 6.07) is 6.62. The fourth-order valence-electron chi connectivity index (χ4n) is 1.83. The van der Waals surface area contributed by atoms with Crippen molar-refractivity contribution in [2.75, 3.05) is 6.61 Å². The Morgan fingerprint density at radius 3 is 2.59 bits per heavy atom. The van der Waals surface area contributed by atoms with Crippen LogP contribution in [0.15, 0.2) is 42.9 Å². The summed E-state index contributed by atoms with van der Waals surface area (Å²) >= 11 is 0. The molecule has 0 saturated heterocycles. The Bertz CT molecular complexity index is 612. The van der Waals surface area contributed by atoms with E-state index in [0.29, 0.717) is 23.6 Å². The molecule has 1 N–H and O–H groups in total. The Labute approximate surface area is 128 Å². The van der Waals surface area contributed by atoms with Crippen LogP contribution in [-0.4, -0.2) is 27.7 Å². The molecule has 1 unspecified atom stereocenters. The van der Waals surface area contributed by atoms with E-state index in [1.807, 2.05) is 0 Å². The highest BCUT2D eigenvalue weighted by Gasteiger charge is 2.33. The number of rotatable bonds is 6. The number of esters is 1. The van der Waals surface area contributed by atoms with Crippen molar-refractivity contribution in [1.82, 2.24) is 9.97 Å². The molecule has 116 valence electrons. The SMILES string of the molecule is CCOC(=O)C(C)(O)c1ccc(OCc2cnccn2)cc1. The van der Waals surface area contributed by atoms with Gasteiger partial charge in [-0.2, -0.15) is 0 Å². The molecule has 2 aromatic rings. The fraction of sp³-hybridized carbons (Fsp3) is 0.312. The molecule has 6 nitrogen and oxygen atoms in total. The van der Waals surface area contributed by atoms with Crippen molar-refractivity contribution in [3.05, 3.63) is 54.1 Å². The third-order valence-electron chi connectivity index (χ3n) is 3.09. The van der Waals surface area contributed by atoms with Crippen molar-refractivity contribution in [1.29, 1.82) is 0 Å². The average molecular weight is 302 g/mol. The van der Waals surface area contributed by atoms with Gasteiger partial charge < -0.3 is 14.6 Å². The van der Waals surface area contributed by atoms with Gasteiger partial charge in [-0.3, -0.25) is 9.97 Å². The molecule has 6 heteroatoms. The maximum atomic E-state index is 11.7. The Balaban J connectivity index is 2.02. The minimum atomic E-state index is -1.68. The largest absolute Gasteiger partial charge is 0.487 e. The number of carbonyl (C=O) groups is 1. The molecule has 0 aliphatic rings. The summed E-state index contributed by atoms with van der Waals surface area (Å²) in [6.45, 7) is 3.60. The third-order valence-corrected chi connectivity index (χ3v) is 3.09. The van der Waals surface area contributed by atoms with Crippen molar-refractivity contribution in [3.63, 3.8) is 0 Å². The van der Waals surface area contributed by atoms with Gasteiger partial charge in [-0.15, -0.1) is 0 Å². The number of aliphatic hydroxyl groups is 1. The standard InChI is InChI=1S/C16H18N2O4/c1-3-21-15(19)16(2,20)12-4-6-14(7-5-12)22-11-13-10-17-8-9-18-13/h4-10,20H,3,11H2,1-2H3. The van der Waals surface area contributed by atoms with Gasteiger partial charge >= 0.3 is 5.97 Å². The molecule has 1 atom stereocenters. The molecule has 0 saturated carbocycles. The van der Waals surface area contributed by atoms with Crippen LogP contribution in [-0.2, 0) is 21.7 Å². The van der Waals surface area contributed by atoms with Gasteiger partial charge in [0.05, 0.1) is 18.5 Å². The first-order valence-corrected chi connectivity index (χ1v) is 6.92. The lowest BCUT2D eigenvalue weighted by molar-refractivity contribution is -0.164. The molecule has 1 aromatic heterocycles. The van der Waals surface area contributed by atoms with Gasteiger partial charge in [0.2, 0.25) is 0 Å². The molecule has 1 aromatic carbocycles. The van der Waals surface area contributed by atoms with Gasteiger partial charge in [0, 0.05) is 12.4 Å². The monoisotopic (exact) mass is 302 g/mol. The van der Waals surface area contributed by atoms with Crippen molar-refractivity contribution < 1.29 is 19.4 Å². The zero-order chi connectivity index (χ0) is 16.0. The van der Waals surface area contributed by atoms with Crippen LogP contribution in [0.1, 0.15) is 25.1 Å². The van der Waals surface area contributed by atoms with E-state index in [9.17, 15) is 9.90 Å². The van der Waals surface area contributed by atoms with E-state index in [-0.39, 0.29) is 6.61 Å². The number of nitrogens with zero attached hydrogens (tertiary/aromatic N) is 2. The minimum Gasteiger partial charge on any atom is -0.487 e. The van der Waals surface area contributed by atoms with Crippen LogP contribution in [0.4, 0.5) is 0 Å². The lowest BCUT2D eigenvalue weighted by Crippen LogP contribution is -2.34. The molecule has 0 bridgehead atoms. The van der Waals surface area contributed by atoms with Gasteiger partial charge in [-0.05, 0) is 31.5 Å². The second kappa shape index (κ2) is 7.00. The number of hydrogen-bond donors (Lipinski definition) is 1. The van der Waals surface area contributed by atoms with Gasteiger partial charge in [-0.25, -0.2) is 4.79 Å². The highest BCUT2D eigenvalue weighted by molar-refractivity contribution is 5.80. The van der Waals surface area contributed by atoms with E-state index < -0.39 is 11.6 Å². The lowest BCUT2D eigenvalue weighted by Gasteiger charge is -2.21. The Morgan fingerprint density at radius 1 is 1.27 bits per heavy atom. The minimum absolute atomic E-state index is 0.217. The van der Waals surface area contributed by atoms with Gasteiger partial charge in [-0.1, -0.05) is 12.1 Å². The van der Waals surface area contributed by atoms with E-state index in [1.165, 1.54) is 6.92 Å². The quantitative estimate of drug-likeness (QED) is 0.820. The van der Waals surface area contributed by atoms with E-state index in [0.717, 1.165) is 0 Å². The van der Waals surface area contributed by atoms with Crippen molar-refractivity contribution >= 4 is 5.97 Å². The number of aromatic nitrogens is 2. The highest BCUT2D eigenvalue weighted by Crippen LogP contribution is 2.24. The number of ether oxygens (including phenoxy) is 2. The molecule has 0 aliphatic carbocycles. The Morgan fingerprint density at radius 2 is 2.00 bits per heavy atom. The van der Waals surface area contributed by atoms with Gasteiger partial charge in [0.25, 0.3) is 0 Å². The molecule has 0 spiro atoms. The summed E-state index contributed by atoms with van der Waals surface area (Å²) in [6.07, 6.45) is 4.81. The number of benzene rings is 1. The van der Waals surface area contributed by atoms with Crippen LogP contribution >= 0.6 is 0 Å². The van der Waals surface area contributed by atoms with Crippen LogP contribution in [0, 0.1) is 0 Å². The average Bonchev–Trinajstić information content (AvgIpc) is 2.54. The molecule has 0 aliphatic heterocycles. The first-order valence-electron chi connectivity index (χ1n) is 6.92. The van der Waals surface area contributed by atoms with Gasteiger partial charge in [0.15, 0.2) is 5.60 Å². The summed E-state index contributed by atoms with van der Waals surface area (Å²) in [5, 5.41) is 10.3. The molecular weight excluding hydrogens is 284 g/mol. The van der Waals surface area contributed by atoms with Gasteiger partial charge in [0.1, 0.15) is 12.4 Å². The Hall–Kier alpha value is -2.47. The van der Waals surface area contributed by atoms with Crippen LogP contribution in [0.25, 0.3) is 0 Å². The fourth-order valence-corrected chi connectivity index (χ4v) is 1.83. The van der Waals surface area contributed by atoms with Crippen molar-refractivity contribution in [2.24, 2.45) is 0 Å². The second-order valence-electron chi connectivity index (χ2n) is 4.80. The number of hydrogen-bond acceptors (Lipinski definition) is 6. The topological polar surface area (TPSA) is 81.5 Å². The van der Waals surface area contributed by atoms with Crippen LogP contribution in [0.3, 0.4) is 0 Å². The van der Waals surface area contributed by atoms with E-state index in [1.54, 1.807) is 49.8 Å². The summed E-state index contributed by atoms with van der Waals surface area (Å²) in [5.74, 6) is -0.0720. The molecule has 22 heavy (non-hydrogen) atoms. The second-order valence-corrected chi connectivity index (χ2v) is 4.80. The maximum absolute atomic E-state index is 11.7. The molecule has 0 amide bonds. The van der Waals surface area contributed by atoms with Crippen molar-refractivity contribution in [2.45, 2.75) is 26.1 Å². The molecular formula is C16H18N2O4. The zero-order valence-electron chi connectivity index (χ0n) is 12.5. The Kier molecular flexibility index (Phi) is 5.06. The maximum Gasteiger partial charge on any atom is 0.342 e. The third kappa shape index (κ3) is 3.79. The summed E-state index contributed by atoms with van der Waals surface area (Å²) in [4.78, 5) is 19.8. The van der Waals surface area contributed by atoms with Crippen LogP contribution in [0.5, 0.6) is 5.75 Å². The highest BCUT2D eigenvalue weighted by atomic mass is 16.5. The predicted molar refractivity (Wildman–Crippen MR) is 79.0 cm³/mol. The summed E-state index contributed by atoms with van der Waals surface area (Å²) in [5.41, 5.74) is -0.526. The van der Waals surface area contributed by atoms with E-state index in [4.69, 9.17) is 9.47 Å².